The molecule has 2 amide bonds. The lowest BCUT2D eigenvalue weighted by Gasteiger charge is -2.27. The molecular weight excluding hydrogens is 458 g/mol. The summed E-state index contributed by atoms with van der Waals surface area (Å²) in [5.74, 6) is -0.984. The Morgan fingerprint density at radius 3 is 1.92 bits per heavy atom. The molecule has 1 aliphatic rings. The highest BCUT2D eigenvalue weighted by atomic mass is 16.2. The third kappa shape index (κ3) is 3.95. The molecule has 0 saturated carbocycles. The Bertz CT molecular complexity index is 1680. The SMILES string of the molecule is O=C(C=Cc1ccc(-c2ccccc2)cc1)c1ccc2c3c(cccc13)C(=O)N(c1ccccc1)C2=O. The van der Waals surface area contributed by atoms with E-state index in [1.165, 1.54) is 11.0 Å². The number of carbonyl (C=O) groups excluding carboxylic acids is 3. The number of rotatable bonds is 5. The van der Waals surface area contributed by atoms with Gasteiger partial charge in [0.25, 0.3) is 11.8 Å². The van der Waals surface area contributed by atoms with Crippen LogP contribution < -0.4 is 4.90 Å². The number of amides is 2. The fraction of sp³-hybridized carbons (Fsp3) is 0. The standard InChI is InChI=1S/C33H21NO3/c35-30(21-16-22-14-17-24(18-15-22)23-8-3-1-4-9-23)26-19-20-29-31-27(26)12-7-13-28(31)32(36)34(33(29)37)25-10-5-2-6-11-25/h1-21H. The van der Waals surface area contributed by atoms with Crippen LogP contribution in [0.5, 0.6) is 0 Å². The van der Waals surface area contributed by atoms with Gasteiger partial charge in [-0.2, -0.15) is 0 Å². The minimum absolute atomic E-state index is 0.193. The molecule has 0 aromatic heterocycles. The second-order valence-electron chi connectivity index (χ2n) is 8.86. The smallest absolute Gasteiger partial charge is 0.265 e. The average molecular weight is 480 g/mol. The quantitative estimate of drug-likeness (QED) is 0.152. The Kier molecular flexibility index (Phi) is 5.55. The summed E-state index contributed by atoms with van der Waals surface area (Å²) < 4.78 is 0. The van der Waals surface area contributed by atoms with E-state index >= 15 is 0 Å². The Hall–Kier alpha value is -5.09. The van der Waals surface area contributed by atoms with Gasteiger partial charge in [-0.1, -0.05) is 91.0 Å². The van der Waals surface area contributed by atoms with Crippen molar-refractivity contribution in [3.63, 3.8) is 0 Å². The summed E-state index contributed by atoms with van der Waals surface area (Å²) in [7, 11) is 0. The number of benzene rings is 5. The predicted molar refractivity (Wildman–Crippen MR) is 147 cm³/mol. The molecule has 176 valence electrons. The van der Waals surface area contributed by atoms with E-state index in [4.69, 9.17) is 0 Å². The van der Waals surface area contributed by atoms with Crippen molar-refractivity contribution >= 4 is 40.1 Å². The van der Waals surface area contributed by atoms with Gasteiger partial charge in [-0.05, 0) is 58.5 Å². The molecule has 0 N–H and O–H groups in total. The summed E-state index contributed by atoms with van der Waals surface area (Å²) in [4.78, 5) is 41.1. The minimum Gasteiger partial charge on any atom is -0.289 e. The van der Waals surface area contributed by atoms with Gasteiger partial charge in [-0.25, -0.2) is 4.90 Å². The van der Waals surface area contributed by atoms with E-state index < -0.39 is 11.8 Å². The summed E-state index contributed by atoms with van der Waals surface area (Å²) in [6.07, 6.45) is 3.31. The Balaban J connectivity index is 1.33. The van der Waals surface area contributed by atoms with E-state index in [2.05, 4.69) is 12.1 Å². The van der Waals surface area contributed by atoms with Crippen LogP contribution in [0.15, 0.2) is 121 Å². The molecule has 0 bridgehead atoms. The number of carbonyl (C=O) groups is 3. The molecule has 1 aliphatic heterocycles. The molecule has 6 rings (SSSR count). The molecule has 0 saturated heterocycles. The van der Waals surface area contributed by atoms with Crippen molar-refractivity contribution in [2.75, 3.05) is 4.90 Å². The number of ketones is 1. The van der Waals surface area contributed by atoms with E-state index in [-0.39, 0.29) is 5.78 Å². The highest BCUT2D eigenvalue weighted by Gasteiger charge is 2.34. The van der Waals surface area contributed by atoms with Gasteiger partial charge < -0.3 is 0 Å². The predicted octanol–water partition coefficient (Wildman–Crippen LogP) is 7.20. The summed E-state index contributed by atoms with van der Waals surface area (Å²) in [5.41, 5.74) is 4.92. The van der Waals surface area contributed by atoms with Crippen LogP contribution >= 0.6 is 0 Å². The average Bonchev–Trinajstić information content (AvgIpc) is 2.96. The molecule has 1 heterocycles. The van der Waals surface area contributed by atoms with Crippen molar-refractivity contribution in [2.24, 2.45) is 0 Å². The highest BCUT2D eigenvalue weighted by Crippen LogP contribution is 2.34. The van der Waals surface area contributed by atoms with Crippen molar-refractivity contribution < 1.29 is 14.4 Å². The zero-order chi connectivity index (χ0) is 25.4. The van der Waals surface area contributed by atoms with Crippen molar-refractivity contribution in [3.05, 3.63) is 144 Å². The number of hydrogen-bond donors (Lipinski definition) is 0. The first-order chi connectivity index (χ1) is 18.1. The Labute approximate surface area is 214 Å². The number of hydrogen-bond acceptors (Lipinski definition) is 3. The first kappa shape index (κ1) is 22.4. The fourth-order valence-corrected chi connectivity index (χ4v) is 4.80. The van der Waals surface area contributed by atoms with Crippen molar-refractivity contribution in [3.8, 4) is 11.1 Å². The maximum absolute atomic E-state index is 13.3. The zero-order valence-electron chi connectivity index (χ0n) is 19.8. The Morgan fingerprint density at radius 2 is 1.22 bits per heavy atom. The van der Waals surface area contributed by atoms with Gasteiger partial charge in [0.15, 0.2) is 5.78 Å². The van der Waals surface area contributed by atoms with Crippen molar-refractivity contribution in [1.82, 2.24) is 0 Å². The lowest BCUT2D eigenvalue weighted by Crippen LogP contribution is -2.40. The van der Waals surface area contributed by atoms with E-state index in [1.54, 1.807) is 60.7 Å². The van der Waals surface area contributed by atoms with Crippen LogP contribution in [0.1, 0.15) is 36.6 Å². The topological polar surface area (TPSA) is 54.5 Å². The third-order valence-electron chi connectivity index (χ3n) is 6.63. The second-order valence-corrected chi connectivity index (χ2v) is 8.86. The normalized spacial score (nSPS) is 12.9. The molecule has 0 radical (unpaired) electrons. The van der Waals surface area contributed by atoms with Crippen LogP contribution in [0.3, 0.4) is 0 Å². The fourth-order valence-electron chi connectivity index (χ4n) is 4.80. The largest absolute Gasteiger partial charge is 0.289 e. The van der Waals surface area contributed by atoms with Gasteiger partial charge in [0.2, 0.25) is 0 Å². The van der Waals surface area contributed by atoms with Gasteiger partial charge in [0, 0.05) is 22.1 Å². The zero-order valence-corrected chi connectivity index (χ0v) is 19.8. The molecule has 5 aromatic carbocycles. The monoisotopic (exact) mass is 479 g/mol. The minimum atomic E-state index is -0.395. The van der Waals surface area contributed by atoms with E-state index in [9.17, 15) is 14.4 Å². The molecule has 5 aromatic rings. The van der Waals surface area contributed by atoms with Crippen LogP contribution in [0.4, 0.5) is 5.69 Å². The van der Waals surface area contributed by atoms with Gasteiger partial charge in [-0.15, -0.1) is 0 Å². The maximum Gasteiger partial charge on any atom is 0.265 e. The molecule has 37 heavy (non-hydrogen) atoms. The molecule has 0 spiro atoms. The summed E-state index contributed by atoms with van der Waals surface area (Å²) >= 11 is 0. The van der Waals surface area contributed by atoms with E-state index in [0.29, 0.717) is 33.2 Å². The number of nitrogens with zero attached hydrogens (tertiary/aromatic N) is 1. The molecule has 4 nitrogen and oxygen atoms in total. The summed E-state index contributed by atoms with van der Waals surface area (Å²) in [5, 5.41) is 1.12. The molecule has 0 atom stereocenters. The molecular formula is C33H21NO3. The maximum atomic E-state index is 13.3. The van der Waals surface area contributed by atoms with Crippen LogP contribution in [0.25, 0.3) is 28.0 Å². The third-order valence-corrected chi connectivity index (χ3v) is 6.63. The van der Waals surface area contributed by atoms with E-state index in [1.807, 2.05) is 48.5 Å². The number of anilines is 1. The first-order valence-electron chi connectivity index (χ1n) is 12.0. The van der Waals surface area contributed by atoms with Gasteiger partial charge in [0.05, 0.1) is 5.69 Å². The van der Waals surface area contributed by atoms with Crippen LogP contribution in [0.2, 0.25) is 0 Å². The number of imide groups is 1. The second kappa shape index (κ2) is 9.17. The lowest BCUT2D eigenvalue weighted by atomic mass is 9.89. The van der Waals surface area contributed by atoms with Gasteiger partial charge >= 0.3 is 0 Å². The van der Waals surface area contributed by atoms with Gasteiger partial charge in [-0.3, -0.25) is 14.4 Å². The molecule has 4 heteroatoms. The van der Waals surface area contributed by atoms with Crippen LogP contribution in [-0.4, -0.2) is 17.6 Å². The van der Waals surface area contributed by atoms with Crippen LogP contribution in [-0.2, 0) is 0 Å². The van der Waals surface area contributed by atoms with Crippen molar-refractivity contribution in [2.45, 2.75) is 0 Å². The molecule has 0 fully saturated rings. The molecule has 0 unspecified atom stereocenters. The van der Waals surface area contributed by atoms with Gasteiger partial charge in [0.1, 0.15) is 0 Å². The summed E-state index contributed by atoms with van der Waals surface area (Å²) in [6.45, 7) is 0. The van der Waals surface area contributed by atoms with Crippen LogP contribution in [0, 0.1) is 0 Å². The number of allylic oxidation sites excluding steroid dienone is 1. The first-order valence-corrected chi connectivity index (χ1v) is 12.0. The molecule has 0 aliphatic carbocycles. The Morgan fingerprint density at radius 1 is 0.595 bits per heavy atom. The summed E-state index contributed by atoms with van der Waals surface area (Å²) in [6, 6.07) is 35.5. The highest BCUT2D eigenvalue weighted by molar-refractivity contribution is 6.37. The lowest BCUT2D eigenvalue weighted by molar-refractivity contribution is 0.0892. The van der Waals surface area contributed by atoms with E-state index in [0.717, 1.165) is 16.7 Å². The number of para-hydroxylation sites is 1. The van der Waals surface area contributed by atoms with Crippen molar-refractivity contribution in [1.29, 1.82) is 0 Å².